The zero-order valence-electron chi connectivity index (χ0n) is 22.0. The van der Waals surface area contributed by atoms with E-state index in [0.29, 0.717) is 12.4 Å². The van der Waals surface area contributed by atoms with Gasteiger partial charge >= 0.3 is 0 Å². The van der Waals surface area contributed by atoms with Gasteiger partial charge in [-0.3, -0.25) is 19.5 Å². The highest BCUT2D eigenvalue weighted by atomic mass is 32.2. The second kappa shape index (κ2) is 10.7. The van der Waals surface area contributed by atoms with Crippen LogP contribution in [-0.2, 0) is 21.5 Å². The molecule has 4 aromatic rings. The Hall–Kier alpha value is -3.43. The van der Waals surface area contributed by atoms with Crippen molar-refractivity contribution in [3.8, 4) is 5.69 Å². The van der Waals surface area contributed by atoms with Crippen LogP contribution in [-0.4, -0.2) is 38.9 Å². The quantitative estimate of drug-likeness (QED) is 0.350. The van der Waals surface area contributed by atoms with Gasteiger partial charge in [0.2, 0.25) is 11.8 Å². The van der Waals surface area contributed by atoms with E-state index in [1.165, 1.54) is 4.88 Å². The van der Waals surface area contributed by atoms with Crippen LogP contribution in [0.25, 0.3) is 5.69 Å². The monoisotopic (exact) mass is 545 g/mol. The summed E-state index contributed by atoms with van der Waals surface area (Å²) in [5.74, 6) is 0.607. The van der Waals surface area contributed by atoms with Gasteiger partial charge in [-0.15, -0.1) is 23.1 Å². The van der Waals surface area contributed by atoms with Gasteiger partial charge in [-0.05, 0) is 48.2 Å². The van der Waals surface area contributed by atoms with Crippen molar-refractivity contribution in [3.63, 3.8) is 0 Å². The zero-order valence-corrected chi connectivity index (χ0v) is 23.6. The lowest BCUT2D eigenvalue weighted by Crippen LogP contribution is -2.42. The predicted molar refractivity (Wildman–Crippen MR) is 154 cm³/mol. The van der Waals surface area contributed by atoms with E-state index in [9.17, 15) is 9.59 Å². The van der Waals surface area contributed by atoms with Crippen LogP contribution in [0, 0.1) is 6.92 Å². The second-order valence-corrected chi connectivity index (χ2v) is 12.5. The Morgan fingerprint density at radius 1 is 1.11 bits per heavy atom. The standard InChI is InChI=1S/C29H31N5O2S2/c1-19-7-9-21(10-8-19)34-28-25(27(32-34)29(2,3)4)26(22-6-5-15-37-22)38-18-24(36)33(28)17-23(35)31-16-20-11-13-30-14-12-20/h5-15,26H,16-18H2,1-4H3,(H,31,35)/t26-/m1/s1. The smallest absolute Gasteiger partial charge is 0.240 e. The molecule has 0 spiro atoms. The Bertz CT molecular complexity index is 1420. The number of carbonyl (C=O) groups excluding carboxylic acids is 2. The molecule has 1 atom stereocenters. The zero-order chi connectivity index (χ0) is 26.9. The molecule has 0 saturated carbocycles. The van der Waals surface area contributed by atoms with Gasteiger partial charge in [-0.25, -0.2) is 4.68 Å². The van der Waals surface area contributed by atoms with Crippen LogP contribution in [0.15, 0.2) is 66.3 Å². The molecule has 38 heavy (non-hydrogen) atoms. The number of anilines is 1. The molecule has 0 unspecified atom stereocenters. The molecule has 1 aliphatic rings. The van der Waals surface area contributed by atoms with Crippen molar-refractivity contribution < 1.29 is 9.59 Å². The third-order valence-corrected chi connectivity index (χ3v) is 8.74. The van der Waals surface area contributed by atoms with Crippen LogP contribution in [0.3, 0.4) is 0 Å². The fourth-order valence-electron chi connectivity index (χ4n) is 4.51. The van der Waals surface area contributed by atoms with Crippen LogP contribution in [0.1, 0.15) is 53.3 Å². The molecule has 9 heteroatoms. The van der Waals surface area contributed by atoms with Crippen LogP contribution in [0.2, 0.25) is 0 Å². The van der Waals surface area contributed by atoms with Crippen LogP contribution in [0.4, 0.5) is 5.82 Å². The minimum Gasteiger partial charge on any atom is -0.350 e. The lowest BCUT2D eigenvalue weighted by Gasteiger charge is -2.24. The normalized spacial score (nSPS) is 15.7. The maximum atomic E-state index is 13.7. The van der Waals surface area contributed by atoms with Crippen LogP contribution < -0.4 is 10.2 Å². The lowest BCUT2D eigenvalue weighted by atomic mass is 9.88. The molecule has 1 aromatic carbocycles. The number of aromatic nitrogens is 3. The maximum Gasteiger partial charge on any atom is 0.240 e. The number of thiophene rings is 1. The fraction of sp³-hybridized carbons (Fsp3) is 0.310. The summed E-state index contributed by atoms with van der Waals surface area (Å²) in [6.07, 6.45) is 3.39. The average Bonchev–Trinajstić information content (AvgIpc) is 3.54. The largest absolute Gasteiger partial charge is 0.350 e. The number of thioether (sulfide) groups is 1. The fourth-order valence-corrected chi connectivity index (χ4v) is 6.68. The topological polar surface area (TPSA) is 80.1 Å². The number of aryl methyl sites for hydroxylation is 1. The average molecular weight is 546 g/mol. The molecule has 1 aliphatic heterocycles. The van der Waals surface area contributed by atoms with Crippen molar-refractivity contribution in [1.29, 1.82) is 0 Å². The van der Waals surface area contributed by atoms with E-state index in [1.807, 2.05) is 54.1 Å². The van der Waals surface area contributed by atoms with Crippen LogP contribution in [0.5, 0.6) is 0 Å². The number of fused-ring (bicyclic) bond motifs is 1. The van der Waals surface area contributed by atoms with Gasteiger partial charge in [0.05, 0.1) is 22.4 Å². The number of rotatable bonds is 6. The van der Waals surface area contributed by atoms with Crippen molar-refractivity contribution in [2.45, 2.75) is 44.9 Å². The van der Waals surface area contributed by atoms with E-state index < -0.39 is 0 Å². The number of hydrogen-bond donors (Lipinski definition) is 1. The molecule has 5 rings (SSSR count). The summed E-state index contributed by atoms with van der Waals surface area (Å²) in [5, 5.41) is 10.1. The molecule has 2 amide bonds. The van der Waals surface area contributed by atoms with E-state index in [2.05, 4.69) is 42.5 Å². The Morgan fingerprint density at radius 3 is 2.50 bits per heavy atom. The first kappa shape index (κ1) is 26.2. The first-order chi connectivity index (χ1) is 18.2. The summed E-state index contributed by atoms with van der Waals surface area (Å²) in [6.45, 7) is 8.75. The number of pyridine rings is 1. The number of nitrogens with zero attached hydrogens (tertiary/aromatic N) is 4. The van der Waals surface area contributed by atoms with Gasteiger partial charge in [0.15, 0.2) is 0 Å². The van der Waals surface area contributed by atoms with Gasteiger partial charge in [-0.2, -0.15) is 5.10 Å². The van der Waals surface area contributed by atoms with E-state index >= 15 is 0 Å². The Kier molecular flexibility index (Phi) is 7.40. The number of benzene rings is 1. The number of amides is 2. The SMILES string of the molecule is Cc1ccc(-n2nc(C(C)(C)C)c3c2N(CC(=O)NCc2ccncc2)C(=O)CS[C@@H]3c2cccs2)cc1. The summed E-state index contributed by atoms with van der Waals surface area (Å²) >= 11 is 3.28. The van der Waals surface area contributed by atoms with E-state index in [0.717, 1.165) is 28.1 Å². The second-order valence-electron chi connectivity index (χ2n) is 10.4. The molecule has 0 saturated heterocycles. The van der Waals surface area contributed by atoms with Crippen molar-refractivity contribution in [3.05, 3.63) is 93.6 Å². The highest BCUT2D eigenvalue weighted by Gasteiger charge is 2.40. The summed E-state index contributed by atoms with van der Waals surface area (Å²) in [6, 6.07) is 16.0. The van der Waals surface area contributed by atoms with Gasteiger partial charge in [0.1, 0.15) is 12.4 Å². The third kappa shape index (κ3) is 5.39. The molecule has 3 aromatic heterocycles. The summed E-state index contributed by atoms with van der Waals surface area (Å²) < 4.78 is 1.86. The molecule has 4 heterocycles. The van der Waals surface area contributed by atoms with E-state index in [1.54, 1.807) is 40.4 Å². The highest BCUT2D eigenvalue weighted by Crippen LogP contribution is 2.49. The first-order valence-electron chi connectivity index (χ1n) is 12.5. The van der Waals surface area contributed by atoms with Crippen molar-refractivity contribution in [2.24, 2.45) is 0 Å². The van der Waals surface area contributed by atoms with Crippen molar-refractivity contribution in [2.75, 3.05) is 17.2 Å². The molecule has 196 valence electrons. The molecule has 1 N–H and O–H groups in total. The van der Waals surface area contributed by atoms with Gasteiger partial charge < -0.3 is 5.32 Å². The minimum atomic E-state index is -0.279. The molecule has 0 aliphatic carbocycles. The van der Waals surface area contributed by atoms with Crippen molar-refractivity contribution >= 4 is 40.7 Å². The van der Waals surface area contributed by atoms with Gasteiger partial charge in [0.25, 0.3) is 0 Å². The summed E-state index contributed by atoms with van der Waals surface area (Å²) in [5.41, 5.74) is 4.59. The molecule has 7 nitrogen and oxygen atoms in total. The highest BCUT2D eigenvalue weighted by molar-refractivity contribution is 8.00. The predicted octanol–water partition coefficient (Wildman–Crippen LogP) is 5.42. The third-order valence-electron chi connectivity index (χ3n) is 6.42. The molecule has 0 fully saturated rings. The summed E-state index contributed by atoms with van der Waals surface area (Å²) in [4.78, 5) is 33.7. The van der Waals surface area contributed by atoms with Crippen molar-refractivity contribution in [1.82, 2.24) is 20.1 Å². The lowest BCUT2D eigenvalue weighted by molar-refractivity contribution is -0.123. The molecular formula is C29H31N5O2S2. The molecule has 0 radical (unpaired) electrons. The minimum absolute atomic E-state index is 0.0627. The Labute approximate surface area is 231 Å². The number of nitrogens with one attached hydrogen (secondary N) is 1. The first-order valence-corrected chi connectivity index (χ1v) is 14.5. The molecular weight excluding hydrogens is 514 g/mol. The van der Waals surface area contributed by atoms with Crippen LogP contribution >= 0.6 is 23.1 Å². The number of hydrogen-bond acceptors (Lipinski definition) is 6. The van der Waals surface area contributed by atoms with Gasteiger partial charge in [-0.1, -0.05) is 44.5 Å². The Balaban J connectivity index is 1.62. The maximum absolute atomic E-state index is 13.7. The number of carbonyl (C=O) groups is 2. The summed E-state index contributed by atoms with van der Waals surface area (Å²) in [7, 11) is 0. The Morgan fingerprint density at radius 2 is 1.84 bits per heavy atom. The van der Waals surface area contributed by atoms with E-state index in [4.69, 9.17) is 5.10 Å². The molecule has 0 bridgehead atoms. The van der Waals surface area contributed by atoms with E-state index in [-0.39, 0.29) is 34.8 Å². The van der Waals surface area contributed by atoms with Gasteiger partial charge in [0, 0.05) is 34.8 Å².